The van der Waals surface area contributed by atoms with Crippen LogP contribution in [-0.2, 0) is 30.8 Å². The molecule has 7 N–H and O–H groups in total. The van der Waals surface area contributed by atoms with Gasteiger partial charge in [0.25, 0.3) is 0 Å². The number of nitrogen functional groups attached to an aromatic ring is 1. The summed E-state index contributed by atoms with van der Waals surface area (Å²) in [7, 11) is 26.3. The van der Waals surface area contributed by atoms with Crippen LogP contribution in [0.3, 0.4) is 0 Å². The van der Waals surface area contributed by atoms with Crippen LogP contribution in [0, 0.1) is 10.1 Å². The second-order valence-corrected chi connectivity index (χ2v) is 29.9. The quantitative estimate of drug-likeness (QED) is 0.0159. The summed E-state index contributed by atoms with van der Waals surface area (Å²) in [5.41, 5.74) is 20.3. The first-order valence-electron chi connectivity index (χ1n) is 42.2. The van der Waals surface area contributed by atoms with E-state index >= 15 is 0 Å². The molecule has 0 aliphatic carbocycles. The summed E-state index contributed by atoms with van der Waals surface area (Å²) >= 11 is 0. The molecule has 8 aromatic carbocycles. The van der Waals surface area contributed by atoms with Crippen molar-refractivity contribution in [2.45, 2.75) is 52.1 Å². The first kappa shape index (κ1) is 110. The van der Waals surface area contributed by atoms with E-state index in [4.69, 9.17) is 120 Å². The van der Waals surface area contributed by atoms with Crippen LogP contribution in [-0.4, -0.2) is 212 Å². The second-order valence-electron chi connectivity index (χ2n) is 29.9. The van der Waals surface area contributed by atoms with E-state index in [2.05, 4.69) is 41.6 Å². The van der Waals surface area contributed by atoms with Gasteiger partial charge in [-0.3, -0.25) is 19.7 Å². The number of halogens is 2. The van der Waals surface area contributed by atoms with Gasteiger partial charge in [0.1, 0.15) is 29.4 Å². The SMILES string of the molecule is C1CCOC1.C1CCOC1.COc1ccc(-c2cnoc2-c2cc(OC)c(OC)c(OC)c2)cc1N.COc1ccc(-c2cnoc2-c2cc(OC)c(OC)c(OC)c2)cc1NC(=O)CN.COc1ccc(-c2cnoc2-c2cc(OC)c(OC)c(OC)c2)cc1NC(=O)CNC(=O)OC(C)(C)C.COc1ccc(-c2cnoc2-c2cc(OC)c(OC)c(OC)c2)cc1[N+](=O)[O-].Cl.Cl.Cn1ccnc1. The molecule has 3 amide bonds. The molecule has 2 aliphatic heterocycles. The molecule has 0 radical (unpaired) electrons. The molecule has 0 atom stereocenters. The molecule has 2 aliphatic rings. The number of nitrogens with zero attached hydrogens (tertiary/aromatic N) is 7. The maximum absolute atomic E-state index is 12.5. The Morgan fingerprint density at radius 2 is 0.698 bits per heavy atom. The summed E-state index contributed by atoms with van der Waals surface area (Å²) in [4.78, 5) is 50.8. The summed E-state index contributed by atoms with van der Waals surface area (Å²) < 4.78 is 125. The normalized spacial score (nSPS) is 11.3. The van der Waals surface area contributed by atoms with Crippen LogP contribution >= 0.6 is 24.8 Å². The Morgan fingerprint density at radius 3 is 0.942 bits per heavy atom. The summed E-state index contributed by atoms with van der Waals surface area (Å²) in [5, 5.41) is 35.0. The van der Waals surface area contributed by atoms with Crippen LogP contribution in [0.25, 0.3) is 89.8 Å². The molecule has 40 nitrogen and oxygen atoms in total. The number of carbonyl (C=O) groups is 3. The van der Waals surface area contributed by atoms with Crippen molar-refractivity contribution in [2.75, 3.05) is 170 Å². The first-order valence-corrected chi connectivity index (χ1v) is 42.2. The lowest BCUT2D eigenvalue weighted by atomic mass is 10.0. The molecule has 0 saturated carbocycles. The van der Waals surface area contributed by atoms with Crippen molar-refractivity contribution >= 4 is 65.5 Å². The standard InChI is InChI=1S/C26H31N3O8.C21H23N3O6.C19H18N2O7.C19H20N2O5.C4H6N2.2C4H8O.2ClH/c1-26(2,3)36-25(31)27-14-22(30)29-18-10-15(8-9-19(18)32-4)17-13-28-37-23(17)16-11-20(33-5)24(35-7)21(12-16)34-6;1-26-16-6-5-12(7-15(16)24-19(25)10-22)14-11-23-30-20(14)13-8-17(27-2)21(29-4)18(9-13)28-3;1-24-15-6-5-11(7-14(15)21(22)23)13-10-20-28-18(13)12-8-16(25-2)19(27-4)17(9-12)26-3;1-22-15-6-5-11(7-14(15)20)13-10-21-26-18(13)12-8-16(23-2)19(25-4)17(9-12)24-3;1-6-3-2-5-4-6;2*1-2-4-5-3-1;;/h8-13H,14H2,1-7H3,(H,27,31)(H,29,30);5-9,11H,10,22H2,1-4H3,(H,24,25);5-10H,1-4H3;5-10H,20H2,1-4H3;2-4H,1H3;2*1-4H2;2*1H. The van der Waals surface area contributed by atoms with Gasteiger partial charge >= 0.3 is 11.8 Å². The molecule has 5 aromatic heterocycles. The number of nitro groups is 1. The number of rotatable bonds is 30. The number of methoxy groups -OCH3 is 16. The molecule has 42 heteroatoms. The van der Waals surface area contributed by atoms with Gasteiger partial charge in [0, 0.05) is 96.4 Å². The molecule has 2 fully saturated rings. The van der Waals surface area contributed by atoms with Gasteiger partial charge in [0.15, 0.2) is 74.8 Å². The highest BCUT2D eigenvalue weighted by Gasteiger charge is 2.28. The minimum absolute atomic E-state index is 0. The van der Waals surface area contributed by atoms with E-state index in [9.17, 15) is 24.5 Å². The topological polar surface area (TPSA) is 480 Å². The van der Waals surface area contributed by atoms with Crippen molar-refractivity contribution in [1.82, 2.24) is 35.5 Å². The number of ether oxygens (including phenoxy) is 19. The molecular formula is C97H116Cl2N12O28. The zero-order chi connectivity index (χ0) is 99.3. The van der Waals surface area contributed by atoms with E-state index in [-0.39, 0.29) is 55.2 Å². The molecule has 0 bridgehead atoms. The molecule has 15 rings (SSSR count). The zero-order valence-electron chi connectivity index (χ0n) is 80.7. The Morgan fingerprint density at radius 1 is 0.403 bits per heavy atom. The number of amides is 3. The lowest BCUT2D eigenvalue weighted by Gasteiger charge is -2.19. The number of carbonyl (C=O) groups excluding carboxylic acids is 3. The molecule has 2 saturated heterocycles. The largest absolute Gasteiger partial charge is 0.495 e. The van der Waals surface area contributed by atoms with Crippen molar-refractivity contribution in [3.8, 4) is 182 Å². The predicted octanol–water partition coefficient (Wildman–Crippen LogP) is 17.9. The summed E-state index contributed by atoms with van der Waals surface area (Å²) in [6, 6.07) is 34.8. The number of nitro benzene ring substituents is 1. The highest BCUT2D eigenvalue weighted by Crippen LogP contribution is 2.50. The van der Waals surface area contributed by atoms with Crippen molar-refractivity contribution in [2.24, 2.45) is 12.8 Å². The maximum Gasteiger partial charge on any atom is 0.408 e. The molecule has 0 unspecified atom stereocenters. The molecule has 7 heterocycles. The van der Waals surface area contributed by atoms with Crippen LogP contribution in [0.4, 0.5) is 27.5 Å². The Bertz CT molecular complexity index is 5980. The monoisotopic (exact) mass is 1970 g/mol. The van der Waals surface area contributed by atoms with Gasteiger partial charge in [-0.1, -0.05) is 38.8 Å². The molecule has 139 heavy (non-hydrogen) atoms. The summed E-state index contributed by atoms with van der Waals surface area (Å²) in [6.45, 7) is 8.78. The van der Waals surface area contributed by atoms with Crippen LogP contribution in [0.15, 0.2) is 183 Å². The van der Waals surface area contributed by atoms with Crippen molar-refractivity contribution in [1.29, 1.82) is 0 Å². The fourth-order valence-electron chi connectivity index (χ4n) is 13.5. The molecular weight excluding hydrogens is 1850 g/mol. The smallest absolute Gasteiger partial charge is 0.408 e. The van der Waals surface area contributed by atoms with Crippen molar-refractivity contribution < 1.29 is 127 Å². The number of nitrogens with two attached hydrogens (primary N) is 2. The van der Waals surface area contributed by atoms with Crippen LogP contribution in [0.1, 0.15) is 46.5 Å². The van der Waals surface area contributed by atoms with E-state index in [1.807, 2.05) is 42.1 Å². The Labute approximate surface area is 815 Å². The first-order chi connectivity index (χ1) is 66.2. The zero-order valence-corrected chi connectivity index (χ0v) is 82.3. The number of imidazole rings is 1. The minimum atomic E-state index is -0.692. The van der Waals surface area contributed by atoms with Gasteiger partial charge in [-0.05, 0) is 166 Å². The summed E-state index contributed by atoms with van der Waals surface area (Å²) in [6.07, 6.45) is 16.1. The number of aryl methyl sites for hydroxylation is 1. The van der Waals surface area contributed by atoms with E-state index in [0.717, 1.165) is 48.7 Å². The summed E-state index contributed by atoms with van der Waals surface area (Å²) in [5.74, 6) is 8.53. The fourth-order valence-corrected chi connectivity index (χ4v) is 13.5. The number of aromatic nitrogens is 6. The number of alkyl carbamates (subject to hydrolysis) is 1. The van der Waals surface area contributed by atoms with Gasteiger partial charge < -0.3 is 140 Å². The van der Waals surface area contributed by atoms with Crippen molar-refractivity contribution in [3.63, 3.8) is 0 Å². The molecule has 13 aromatic rings. The van der Waals surface area contributed by atoms with E-state index in [1.165, 1.54) is 129 Å². The lowest BCUT2D eigenvalue weighted by Crippen LogP contribution is -2.37. The molecule has 746 valence electrons. The molecule has 0 spiro atoms. The third-order valence-corrected chi connectivity index (χ3v) is 20.1. The number of benzene rings is 8. The van der Waals surface area contributed by atoms with Crippen molar-refractivity contribution in [3.05, 3.63) is 175 Å². The van der Waals surface area contributed by atoms with Crippen LogP contribution in [0.5, 0.6) is 92.0 Å². The number of hydrogen-bond acceptors (Lipinski definition) is 35. The Balaban J connectivity index is 0.000000238. The highest BCUT2D eigenvalue weighted by atomic mass is 35.5. The highest BCUT2D eigenvalue weighted by molar-refractivity contribution is 5.97. The second kappa shape index (κ2) is 54.9. The van der Waals surface area contributed by atoms with E-state index in [0.29, 0.717) is 171 Å². The maximum atomic E-state index is 12.5. The third kappa shape index (κ3) is 29.5. The van der Waals surface area contributed by atoms with Gasteiger partial charge in [0.05, 0.1) is 173 Å². The van der Waals surface area contributed by atoms with Gasteiger partial charge in [-0.15, -0.1) is 24.8 Å². The third-order valence-electron chi connectivity index (χ3n) is 20.1. The fraction of sp³-hybridized carbons (Fsp3) is 0.320. The van der Waals surface area contributed by atoms with Gasteiger partial charge in [-0.2, -0.15) is 0 Å². The Hall–Kier alpha value is -15.5. The number of anilines is 3. The van der Waals surface area contributed by atoms with Gasteiger partial charge in [-0.25, -0.2) is 9.78 Å². The predicted molar refractivity (Wildman–Crippen MR) is 524 cm³/mol. The minimum Gasteiger partial charge on any atom is -0.495 e. The Kier molecular flexibility index (Phi) is 43.6. The average molecular weight is 1970 g/mol. The number of nitrogens with one attached hydrogen (secondary N) is 3. The van der Waals surface area contributed by atoms with Crippen LogP contribution in [0.2, 0.25) is 0 Å². The lowest BCUT2D eigenvalue weighted by molar-refractivity contribution is -0.385. The van der Waals surface area contributed by atoms with E-state index < -0.39 is 22.5 Å². The van der Waals surface area contributed by atoms with Gasteiger partial charge in [0.2, 0.25) is 34.8 Å². The van der Waals surface area contributed by atoms with E-state index in [1.54, 1.807) is 165 Å². The average Bonchev–Trinajstić information content (AvgIpc) is 1.67. The number of hydrogen-bond donors (Lipinski definition) is 5. The van der Waals surface area contributed by atoms with Crippen LogP contribution < -0.4 is 103 Å².